The lowest BCUT2D eigenvalue weighted by Crippen LogP contribution is -2.30. The number of benzene rings is 3. The van der Waals surface area contributed by atoms with Gasteiger partial charge in [0.25, 0.3) is 5.91 Å². The van der Waals surface area contributed by atoms with Crippen LogP contribution >= 0.6 is 27.7 Å². The van der Waals surface area contributed by atoms with Gasteiger partial charge in [-0.05, 0) is 77.1 Å². The number of carbonyl (C=O) groups excluding carboxylic acids is 1. The van der Waals surface area contributed by atoms with Crippen molar-refractivity contribution >= 4 is 33.6 Å². The standard InChI is InChI=1S/C29H23BrFN3O2S/c1-18-14-21-15-19(2-11-26(21)37-18)12-13-33-27(35)17-36-29(33)25-16-34(24-9-5-22(30)6-10-24)32-28(25)20-3-7-23(31)8-4-20/h2-11,15-16,29H,1,12-14,17H2. The van der Waals surface area contributed by atoms with Crippen LogP contribution in [0.2, 0.25) is 0 Å². The number of hydrogen-bond donors (Lipinski definition) is 0. The maximum atomic E-state index is 13.7. The first-order chi connectivity index (χ1) is 17.9. The minimum atomic E-state index is -0.582. The van der Waals surface area contributed by atoms with Crippen LogP contribution in [0.5, 0.6) is 0 Å². The lowest BCUT2D eigenvalue weighted by Gasteiger charge is -2.23. The molecule has 1 fully saturated rings. The van der Waals surface area contributed by atoms with Crippen molar-refractivity contribution in [1.82, 2.24) is 14.7 Å². The number of allylic oxidation sites excluding steroid dienone is 1. The minimum Gasteiger partial charge on any atom is -0.344 e. The smallest absolute Gasteiger partial charge is 0.250 e. The summed E-state index contributed by atoms with van der Waals surface area (Å²) in [6.07, 6.45) is 2.92. The van der Waals surface area contributed by atoms with Gasteiger partial charge >= 0.3 is 0 Å². The largest absolute Gasteiger partial charge is 0.344 e. The van der Waals surface area contributed by atoms with Crippen LogP contribution in [0.1, 0.15) is 22.9 Å². The number of halogens is 2. The molecule has 0 aliphatic carbocycles. The van der Waals surface area contributed by atoms with Crippen LogP contribution in [0.15, 0.2) is 93.8 Å². The molecule has 2 aliphatic rings. The fraction of sp³-hybridized carbons (Fsp3) is 0.172. The van der Waals surface area contributed by atoms with E-state index in [1.54, 1.807) is 33.5 Å². The van der Waals surface area contributed by atoms with Crippen LogP contribution in [-0.2, 0) is 22.4 Å². The number of thioether (sulfide) groups is 1. The summed E-state index contributed by atoms with van der Waals surface area (Å²) < 4.78 is 22.4. The predicted octanol–water partition coefficient (Wildman–Crippen LogP) is 6.70. The van der Waals surface area contributed by atoms with Gasteiger partial charge in [0.15, 0.2) is 6.23 Å². The van der Waals surface area contributed by atoms with Crippen molar-refractivity contribution in [2.45, 2.75) is 24.0 Å². The Bertz CT molecular complexity index is 1500. The van der Waals surface area contributed by atoms with Crippen molar-refractivity contribution in [2.24, 2.45) is 0 Å². The molecule has 1 aromatic heterocycles. The molecule has 186 valence electrons. The molecule has 0 N–H and O–H groups in total. The maximum Gasteiger partial charge on any atom is 0.250 e. The second-order valence-corrected chi connectivity index (χ2v) is 11.3. The number of amides is 1. The molecule has 5 nitrogen and oxygen atoms in total. The predicted molar refractivity (Wildman–Crippen MR) is 146 cm³/mol. The number of ether oxygens (including phenoxy) is 1. The van der Waals surface area contributed by atoms with E-state index in [1.165, 1.54) is 28.2 Å². The third kappa shape index (κ3) is 4.89. The fourth-order valence-corrected chi connectivity index (χ4v) is 5.96. The van der Waals surface area contributed by atoms with E-state index in [2.05, 4.69) is 40.7 Å². The molecule has 6 rings (SSSR count). The normalized spacial score (nSPS) is 17.0. The monoisotopic (exact) mass is 575 g/mol. The number of nitrogens with zero attached hydrogens (tertiary/aromatic N) is 3. The van der Waals surface area contributed by atoms with E-state index in [9.17, 15) is 9.18 Å². The second kappa shape index (κ2) is 9.93. The fourth-order valence-electron chi connectivity index (χ4n) is 4.76. The number of rotatable bonds is 6. The topological polar surface area (TPSA) is 47.4 Å². The van der Waals surface area contributed by atoms with E-state index in [4.69, 9.17) is 9.84 Å². The van der Waals surface area contributed by atoms with Gasteiger partial charge < -0.3 is 9.64 Å². The summed E-state index contributed by atoms with van der Waals surface area (Å²) in [4.78, 5) is 17.1. The maximum absolute atomic E-state index is 13.7. The van der Waals surface area contributed by atoms with Crippen molar-refractivity contribution in [1.29, 1.82) is 0 Å². The molecule has 8 heteroatoms. The van der Waals surface area contributed by atoms with Gasteiger partial charge in [0, 0.05) is 39.7 Å². The SMILES string of the molecule is C=C1Cc2cc(CCN3C(=O)COC3c3cn(-c4ccc(Br)cc4)nc3-c3ccc(F)cc3)ccc2S1. The lowest BCUT2D eigenvalue weighted by molar-refractivity contribution is -0.128. The van der Waals surface area contributed by atoms with E-state index in [0.717, 1.165) is 32.6 Å². The van der Waals surface area contributed by atoms with Gasteiger partial charge in [0.1, 0.15) is 18.1 Å². The third-order valence-electron chi connectivity index (χ3n) is 6.59. The number of fused-ring (bicyclic) bond motifs is 1. The highest BCUT2D eigenvalue weighted by atomic mass is 79.9. The summed E-state index contributed by atoms with van der Waals surface area (Å²) in [6.45, 7) is 4.62. The molecule has 1 atom stereocenters. The Balaban J connectivity index is 1.32. The molecular weight excluding hydrogens is 553 g/mol. The average molecular weight is 576 g/mol. The molecule has 3 heterocycles. The molecular formula is C29H23BrFN3O2S. The van der Waals surface area contributed by atoms with Crippen LogP contribution in [0.3, 0.4) is 0 Å². The molecule has 1 amide bonds. The van der Waals surface area contributed by atoms with Gasteiger partial charge in [-0.1, -0.05) is 46.4 Å². The van der Waals surface area contributed by atoms with Gasteiger partial charge in [-0.25, -0.2) is 9.07 Å². The number of carbonyl (C=O) groups is 1. The summed E-state index contributed by atoms with van der Waals surface area (Å²) in [5, 5.41) is 4.83. The van der Waals surface area contributed by atoms with Gasteiger partial charge in [-0.3, -0.25) is 4.79 Å². The van der Waals surface area contributed by atoms with Crippen molar-refractivity contribution in [3.63, 3.8) is 0 Å². The van der Waals surface area contributed by atoms with Crippen molar-refractivity contribution in [3.05, 3.63) is 111 Å². The Kier molecular flexibility index (Phi) is 6.48. The molecule has 1 unspecified atom stereocenters. The highest BCUT2D eigenvalue weighted by Crippen LogP contribution is 2.40. The highest BCUT2D eigenvalue weighted by Gasteiger charge is 2.36. The molecule has 3 aromatic carbocycles. The number of aromatic nitrogens is 2. The van der Waals surface area contributed by atoms with Crippen LogP contribution < -0.4 is 0 Å². The molecule has 0 saturated carbocycles. The number of hydrogen-bond acceptors (Lipinski definition) is 4. The molecule has 4 aromatic rings. The van der Waals surface area contributed by atoms with Crippen molar-refractivity contribution in [2.75, 3.05) is 13.2 Å². The average Bonchev–Trinajstić information content (AvgIpc) is 3.59. The van der Waals surface area contributed by atoms with Crippen LogP contribution in [0, 0.1) is 5.82 Å². The highest BCUT2D eigenvalue weighted by molar-refractivity contribution is 9.10. The first-order valence-electron chi connectivity index (χ1n) is 11.9. The Morgan fingerprint density at radius 2 is 1.89 bits per heavy atom. The van der Waals surface area contributed by atoms with Gasteiger partial charge in [0.05, 0.1) is 5.69 Å². The van der Waals surface area contributed by atoms with Gasteiger partial charge in [0.2, 0.25) is 0 Å². The summed E-state index contributed by atoms with van der Waals surface area (Å²) in [5.41, 5.74) is 5.51. The molecule has 1 saturated heterocycles. The molecule has 0 spiro atoms. The van der Waals surface area contributed by atoms with E-state index in [0.29, 0.717) is 18.7 Å². The third-order valence-corrected chi connectivity index (χ3v) is 8.17. The first kappa shape index (κ1) is 24.2. The van der Waals surface area contributed by atoms with Gasteiger partial charge in [-0.2, -0.15) is 5.10 Å². The quantitative estimate of drug-likeness (QED) is 0.256. The summed E-state index contributed by atoms with van der Waals surface area (Å²) in [6, 6.07) is 20.5. The zero-order valence-corrected chi connectivity index (χ0v) is 22.3. The first-order valence-corrected chi connectivity index (χ1v) is 13.6. The van der Waals surface area contributed by atoms with Gasteiger partial charge in [-0.15, -0.1) is 0 Å². The molecule has 2 aliphatic heterocycles. The Morgan fingerprint density at radius 1 is 1.11 bits per heavy atom. The Labute approximate surface area is 227 Å². The van der Waals surface area contributed by atoms with E-state index in [-0.39, 0.29) is 18.3 Å². The van der Waals surface area contributed by atoms with Crippen molar-refractivity contribution < 1.29 is 13.9 Å². The zero-order valence-electron chi connectivity index (χ0n) is 19.9. The second-order valence-electron chi connectivity index (χ2n) is 9.12. The Hall–Kier alpha value is -3.20. The molecule has 0 bridgehead atoms. The summed E-state index contributed by atoms with van der Waals surface area (Å²) in [7, 11) is 0. The van der Waals surface area contributed by atoms with E-state index < -0.39 is 6.23 Å². The summed E-state index contributed by atoms with van der Waals surface area (Å²) >= 11 is 5.20. The summed E-state index contributed by atoms with van der Waals surface area (Å²) in [5.74, 6) is -0.376. The molecule has 0 radical (unpaired) electrons. The van der Waals surface area contributed by atoms with E-state index in [1.807, 2.05) is 30.5 Å². The Morgan fingerprint density at radius 3 is 2.68 bits per heavy atom. The van der Waals surface area contributed by atoms with E-state index >= 15 is 0 Å². The van der Waals surface area contributed by atoms with Crippen molar-refractivity contribution in [3.8, 4) is 16.9 Å². The van der Waals surface area contributed by atoms with Crippen LogP contribution in [0.4, 0.5) is 4.39 Å². The lowest BCUT2D eigenvalue weighted by atomic mass is 10.0. The minimum absolute atomic E-state index is 0.0115. The molecule has 37 heavy (non-hydrogen) atoms. The zero-order chi connectivity index (χ0) is 25.5. The van der Waals surface area contributed by atoms with Crippen LogP contribution in [0.25, 0.3) is 16.9 Å². The van der Waals surface area contributed by atoms with Crippen LogP contribution in [-0.4, -0.2) is 33.7 Å².